The average Bonchev–Trinajstić information content (AvgIpc) is 3.32. The smallest absolute Gasteiger partial charge is 0.407 e. The lowest BCUT2D eigenvalue weighted by molar-refractivity contribution is -0.139. The molecule has 3 N–H and O–H groups in total. The molecule has 0 saturated heterocycles. The highest BCUT2D eigenvalue weighted by atomic mass is 16.5. The van der Waals surface area contributed by atoms with Gasteiger partial charge in [0.05, 0.1) is 11.9 Å². The van der Waals surface area contributed by atoms with Gasteiger partial charge in [-0.1, -0.05) is 48.5 Å². The van der Waals surface area contributed by atoms with Crippen LogP contribution in [0.2, 0.25) is 0 Å². The number of hydrogen-bond acceptors (Lipinski definition) is 5. The molecular formula is C20H18N4O4. The van der Waals surface area contributed by atoms with Gasteiger partial charge in [0.15, 0.2) is 0 Å². The Morgan fingerprint density at radius 2 is 1.75 bits per heavy atom. The Balaban J connectivity index is 1.44. The second-order valence-corrected chi connectivity index (χ2v) is 6.53. The number of carboxylic acid groups (broad SMARTS) is 1. The van der Waals surface area contributed by atoms with Crippen LogP contribution in [-0.4, -0.2) is 45.2 Å². The third-order valence-electron chi connectivity index (χ3n) is 4.81. The first kappa shape index (κ1) is 17.7. The van der Waals surface area contributed by atoms with Gasteiger partial charge in [-0.05, 0) is 22.3 Å². The maximum Gasteiger partial charge on any atom is 0.407 e. The molecule has 1 heterocycles. The minimum Gasteiger partial charge on any atom is -0.480 e. The van der Waals surface area contributed by atoms with Crippen molar-refractivity contribution < 1.29 is 19.4 Å². The summed E-state index contributed by atoms with van der Waals surface area (Å²) in [6.45, 7) is 0.121. The highest BCUT2D eigenvalue weighted by Crippen LogP contribution is 2.44. The van der Waals surface area contributed by atoms with Gasteiger partial charge in [-0.2, -0.15) is 15.4 Å². The van der Waals surface area contributed by atoms with E-state index in [0.717, 1.165) is 22.3 Å². The molecule has 1 aliphatic carbocycles. The third-order valence-corrected chi connectivity index (χ3v) is 4.81. The SMILES string of the molecule is O=C(NC(Cc1cn[nH]n1)C(=O)O)OCC1c2ccccc2-c2ccccc21. The van der Waals surface area contributed by atoms with Gasteiger partial charge in [-0.3, -0.25) is 0 Å². The largest absolute Gasteiger partial charge is 0.480 e. The van der Waals surface area contributed by atoms with Crippen molar-refractivity contribution in [2.75, 3.05) is 6.61 Å². The Bertz CT molecular complexity index is 957. The average molecular weight is 378 g/mol. The quantitative estimate of drug-likeness (QED) is 0.606. The molecule has 0 saturated carbocycles. The number of aromatic nitrogens is 3. The minimum atomic E-state index is -1.17. The first-order valence-corrected chi connectivity index (χ1v) is 8.82. The molecule has 8 nitrogen and oxygen atoms in total. The third kappa shape index (κ3) is 3.44. The number of fused-ring (bicyclic) bond motifs is 3. The molecule has 1 unspecified atom stereocenters. The Labute approximate surface area is 160 Å². The molecule has 142 valence electrons. The lowest BCUT2D eigenvalue weighted by Crippen LogP contribution is -2.43. The number of carbonyl (C=O) groups excluding carboxylic acids is 1. The van der Waals surface area contributed by atoms with Gasteiger partial charge in [0.25, 0.3) is 0 Å². The summed E-state index contributed by atoms with van der Waals surface area (Å²) in [7, 11) is 0. The van der Waals surface area contributed by atoms with Crippen molar-refractivity contribution in [1.82, 2.24) is 20.7 Å². The van der Waals surface area contributed by atoms with Crippen molar-refractivity contribution >= 4 is 12.1 Å². The molecule has 1 amide bonds. The van der Waals surface area contributed by atoms with Gasteiger partial charge in [0.1, 0.15) is 12.6 Å². The first-order valence-electron chi connectivity index (χ1n) is 8.82. The van der Waals surface area contributed by atoms with E-state index in [0.29, 0.717) is 5.69 Å². The van der Waals surface area contributed by atoms with E-state index in [1.54, 1.807) is 0 Å². The highest BCUT2D eigenvalue weighted by molar-refractivity contribution is 5.81. The number of carbonyl (C=O) groups is 2. The van der Waals surface area contributed by atoms with Gasteiger partial charge >= 0.3 is 12.1 Å². The van der Waals surface area contributed by atoms with Crippen LogP contribution in [0, 0.1) is 0 Å². The van der Waals surface area contributed by atoms with E-state index in [1.165, 1.54) is 6.20 Å². The zero-order chi connectivity index (χ0) is 19.5. The number of H-pyrrole nitrogens is 1. The molecule has 28 heavy (non-hydrogen) atoms. The van der Waals surface area contributed by atoms with E-state index < -0.39 is 18.1 Å². The zero-order valence-corrected chi connectivity index (χ0v) is 14.8. The number of hydrogen-bond donors (Lipinski definition) is 3. The van der Waals surface area contributed by atoms with Crippen LogP contribution in [0.1, 0.15) is 22.7 Å². The predicted molar refractivity (Wildman–Crippen MR) is 99.7 cm³/mol. The topological polar surface area (TPSA) is 117 Å². The van der Waals surface area contributed by atoms with Crippen molar-refractivity contribution in [2.45, 2.75) is 18.4 Å². The van der Waals surface area contributed by atoms with Crippen LogP contribution < -0.4 is 5.32 Å². The number of nitrogens with zero attached hydrogens (tertiary/aromatic N) is 2. The van der Waals surface area contributed by atoms with E-state index in [2.05, 4.69) is 20.7 Å². The molecule has 4 rings (SSSR count). The normalized spacial score (nSPS) is 13.4. The molecule has 3 aromatic rings. The van der Waals surface area contributed by atoms with E-state index in [9.17, 15) is 14.7 Å². The summed E-state index contributed by atoms with van der Waals surface area (Å²) in [5, 5.41) is 21.6. The van der Waals surface area contributed by atoms with Gasteiger partial charge in [-0.25, -0.2) is 9.59 Å². The molecule has 0 fully saturated rings. The van der Waals surface area contributed by atoms with Crippen LogP contribution >= 0.6 is 0 Å². The first-order chi connectivity index (χ1) is 13.6. The fraction of sp³-hybridized carbons (Fsp3) is 0.200. The number of nitrogens with one attached hydrogen (secondary N) is 2. The number of rotatable bonds is 6. The molecule has 0 aliphatic heterocycles. The summed E-state index contributed by atoms with van der Waals surface area (Å²) in [5.74, 6) is -1.26. The number of ether oxygens (including phenoxy) is 1. The summed E-state index contributed by atoms with van der Waals surface area (Å²) in [6, 6.07) is 14.9. The van der Waals surface area contributed by atoms with Gasteiger partial charge in [-0.15, -0.1) is 0 Å². The highest BCUT2D eigenvalue weighted by Gasteiger charge is 2.29. The predicted octanol–water partition coefficient (Wildman–Crippen LogP) is 2.34. The van der Waals surface area contributed by atoms with Crippen molar-refractivity contribution in [2.24, 2.45) is 0 Å². The number of aromatic amines is 1. The van der Waals surface area contributed by atoms with Crippen molar-refractivity contribution in [3.8, 4) is 11.1 Å². The zero-order valence-electron chi connectivity index (χ0n) is 14.8. The van der Waals surface area contributed by atoms with E-state index in [-0.39, 0.29) is 18.9 Å². The fourth-order valence-electron chi connectivity index (χ4n) is 3.52. The van der Waals surface area contributed by atoms with Crippen LogP contribution in [0.4, 0.5) is 4.79 Å². The Kier molecular flexibility index (Phi) is 4.76. The van der Waals surface area contributed by atoms with E-state index in [1.807, 2.05) is 48.5 Å². The van der Waals surface area contributed by atoms with Crippen LogP contribution in [0.3, 0.4) is 0 Å². The number of alkyl carbamates (subject to hydrolysis) is 1. The number of aliphatic carboxylic acids is 1. The van der Waals surface area contributed by atoms with Crippen molar-refractivity contribution in [3.63, 3.8) is 0 Å². The van der Waals surface area contributed by atoms with E-state index >= 15 is 0 Å². The van der Waals surface area contributed by atoms with Gasteiger partial charge in [0.2, 0.25) is 0 Å². The monoisotopic (exact) mass is 378 g/mol. The standard InChI is InChI=1S/C20H18N4O4/c25-19(26)18(9-12-10-21-24-23-12)22-20(27)28-11-17-15-7-3-1-5-13(15)14-6-2-4-8-16(14)17/h1-8,10,17-18H,9,11H2,(H,22,27)(H,25,26)(H,21,23,24). The molecule has 0 spiro atoms. The lowest BCUT2D eigenvalue weighted by atomic mass is 9.98. The van der Waals surface area contributed by atoms with E-state index in [4.69, 9.17) is 4.74 Å². The number of carboxylic acids is 1. The van der Waals surface area contributed by atoms with Gasteiger partial charge in [0, 0.05) is 12.3 Å². The minimum absolute atomic E-state index is 0.00995. The van der Waals surface area contributed by atoms with Gasteiger partial charge < -0.3 is 15.2 Å². The molecule has 1 aromatic heterocycles. The summed E-state index contributed by atoms with van der Waals surface area (Å²) >= 11 is 0. The lowest BCUT2D eigenvalue weighted by Gasteiger charge is -2.17. The van der Waals surface area contributed by atoms with Crippen LogP contribution in [-0.2, 0) is 16.0 Å². The molecule has 1 atom stereocenters. The maximum atomic E-state index is 12.2. The molecular weight excluding hydrogens is 360 g/mol. The summed E-state index contributed by atoms with van der Waals surface area (Å²) in [6.07, 6.45) is 0.642. The summed E-state index contributed by atoms with van der Waals surface area (Å²) in [4.78, 5) is 23.6. The maximum absolute atomic E-state index is 12.2. The molecule has 0 radical (unpaired) electrons. The van der Waals surface area contributed by atoms with Crippen LogP contribution in [0.5, 0.6) is 0 Å². The van der Waals surface area contributed by atoms with Crippen LogP contribution in [0.15, 0.2) is 54.7 Å². The number of benzene rings is 2. The molecule has 8 heteroatoms. The fourth-order valence-corrected chi connectivity index (χ4v) is 3.52. The summed E-state index contributed by atoms with van der Waals surface area (Å²) < 4.78 is 5.38. The van der Waals surface area contributed by atoms with Crippen molar-refractivity contribution in [3.05, 3.63) is 71.5 Å². The molecule has 0 bridgehead atoms. The Hall–Kier alpha value is -3.68. The van der Waals surface area contributed by atoms with Crippen molar-refractivity contribution in [1.29, 1.82) is 0 Å². The van der Waals surface area contributed by atoms with Crippen LogP contribution in [0.25, 0.3) is 11.1 Å². The summed E-state index contributed by atoms with van der Waals surface area (Å²) in [5.41, 5.74) is 4.87. The Morgan fingerprint density at radius 3 is 2.32 bits per heavy atom. The number of amides is 1. The second-order valence-electron chi connectivity index (χ2n) is 6.53. The molecule has 2 aromatic carbocycles. The Morgan fingerprint density at radius 1 is 1.11 bits per heavy atom. The molecule has 1 aliphatic rings. The second kappa shape index (κ2) is 7.51.